The smallest absolute Gasteiger partial charge is 0.399 e. The Morgan fingerprint density at radius 3 is 2.79 bits per heavy atom. The zero-order valence-electron chi connectivity index (χ0n) is 10.0. The van der Waals surface area contributed by atoms with Crippen LogP contribution in [0.4, 0.5) is 18.9 Å². The lowest BCUT2D eigenvalue weighted by molar-refractivity contribution is -0.181. The highest BCUT2D eigenvalue weighted by Crippen LogP contribution is 2.22. The Morgan fingerprint density at radius 1 is 1.37 bits per heavy atom. The quantitative estimate of drug-likeness (QED) is 0.855. The number of carbonyl (C=O) groups excluding carboxylic acids is 1. The summed E-state index contributed by atoms with van der Waals surface area (Å²) in [4.78, 5) is 13.3. The van der Waals surface area contributed by atoms with Gasteiger partial charge in [-0.1, -0.05) is 6.07 Å². The van der Waals surface area contributed by atoms with Gasteiger partial charge in [-0.3, -0.25) is 4.79 Å². The van der Waals surface area contributed by atoms with Crippen LogP contribution in [-0.2, 0) is 11.2 Å². The van der Waals surface area contributed by atoms with Gasteiger partial charge in [0, 0.05) is 17.8 Å². The number of ether oxygens (including phenoxy) is 1. The maximum Gasteiger partial charge on any atom is 0.411 e. The van der Waals surface area contributed by atoms with Gasteiger partial charge in [-0.2, -0.15) is 13.2 Å². The summed E-state index contributed by atoms with van der Waals surface area (Å²) in [5.74, 6) is -0.351. The zero-order chi connectivity index (χ0) is 14.0. The van der Waals surface area contributed by atoms with Crippen LogP contribution in [0.25, 0.3) is 0 Å². The van der Waals surface area contributed by atoms with Gasteiger partial charge < -0.3 is 15.4 Å². The fraction of sp³-hybridized carbons (Fsp3) is 0.417. The molecule has 7 heteroatoms. The SMILES string of the molecule is Nc1ccc2c(c1)C(=O)N(COCC(F)(F)F)CC2. The van der Waals surface area contributed by atoms with E-state index in [0.29, 0.717) is 24.2 Å². The molecule has 2 N–H and O–H groups in total. The molecule has 0 saturated heterocycles. The first-order chi connectivity index (χ1) is 8.87. The fourth-order valence-corrected chi connectivity index (χ4v) is 1.93. The van der Waals surface area contributed by atoms with E-state index in [1.165, 1.54) is 11.0 Å². The minimum Gasteiger partial charge on any atom is -0.399 e. The average molecular weight is 274 g/mol. The van der Waals surface area contributed by atoms with Gasteiger partial charge in [0.05, 0.1) is 0 Å². The molecule has 0 atom stereocenters. The number of alkyl halides is 3. The number of nitrogens with zero attached hydrogens (tertiary/aromatic N) is 1. The molecule has 0 fully saturated rings. The Hall–Kier alpha value is -1.76. The Balaban J connectivity index is 2.01. The van der Waals surface area contributed by atoms with Crippen molar-refractivity contribution in [2.24, 2.45) is 0 Å². The van der Waals surface area contributed by atoms with Crippen molar-refractivity contribution in [1.82, 2.24) is 4.90 Å². The molecular weight excluding hydrogens is 261 g/mol. The maximum absolute atomic E-state index is 12.0. The third kappa shape index (κ3) is 3.37. The van der Waals surface area contributed by atoms with Crippen LogP contribution >= 0.6 is 0 Å². The number of amides is 1. The number of halogens is 3. The summed E-state index contributed by atoms with van der Waals surface area (Å²) in [5.41, 5.74) is 7.33. The van der Waals surface area contributed by atoms with Crippen molar-refractivity contribution in [2.45, 2.75) is 12.6 Å². The van der Waals surface area contributed by atoms with Crippen LogP contribution in [0.2, 0.25) is 0 Å². The van der Waals surface area contributed by atoms with Crippen LogP contribution in [-0.4, -0.2) is 36.9 Å². The first-order valence-corrected chi connectivity index (χ1v) is 5.69. The van der Waals surface area contributed by atoms with Gasteiger partial charge in [-0.15, -0.1) is 0 Å². The predicted molar refractivity (Wildman–Crippen MR) is 62.5 cm³/mol. The topological polar surface area (TPSA) is 55.6 Å². The predicted octanol–water partition coefficient (Wildman–Crippen LogP) is 1.80. The Kier molecular flexibility index (Phi) is 3.66. The van der Waals surface area contributed by atoms with Crippen molar-refractivity contribution in [2.75, 3.05) is 25.6 Å². The van der Waals surface area contributed by atoms with E-state index in [1.807, 2.05) is 0 Å². The molecule has 0 saturated carbocycles. The van der Waals surface area contributed by atoms with Gasteiger partial charge in [-0.25, -0.2) is 0 Å². The van der Waals surface area contributed by atoms with Crippen LogP contribution in [0.15, 0.2) is 18.2 Å². The minimum atomic E-state index is -4.39. The van der Waals surface area contributed by atoms with Crippen molar-refractivity contribution in [3.8, 4) is 0 Å². The van der Waals surface area contributed by atoms with E-state index in [4.69, 9.17) is 5.73 Å². The lowest BCUT2D eigenvalue weighted by Crippen LogP contribution is -2.40. The van der Waals surface area contributed by atoms with Gasteiger partial charge in [0.2, 0.25) is 0 Å². The van der Waals surface area contributed by atoms with Gasteiger partial charge in [0.1, 0.15) is 13.3 Å². The summed E-state index contributed by atoms with van der Waals surface area (Å²) < 4.78 is 40.4. The molecule has 0 aromatic heterocycles. The number of nitrogen functional groups attached to an aromatic ring is 1. The number of hydrogen-bond acceptors (Lipinski definition) is 3. The van der Waals surface area contributed by atoms with Crippen molar-refractivity contribution in [3.05, 3.63) is 29.3 Å². The Morgan fingerprint density at radius 2 is 2.11 bits per heavy atom. The van der Waals surface area contributed by atoms with Gasteiger partial charge in [-0.05, 0) is 24.1 Å². The molecule has 1 aliphatic rings. The van der Waals surface area contributed by atoms with Gasteiger partial charge in [0.15, 0.2) is 0 Å². The van der Waals surface area contributed by atoms with E-state index in [1.54, 1.807) is 12.1 Å². The molecule has 0 radical (unpaired) electrons. The summed E-state index contributed by atoms with van der Waals surface area (Å²) in [7, 11) is 0. The molecule has 1 aromatic rings. The van der Waals surface area contributed by atoms with E-state index in [-0.39, 0.29) is 12.6 Å². The van der Waals surface area contributed by atoms with Crippen LogP contribution in [0.3, 0.4) is 0 Å². The molecule has 0 spiro atoms. The highest BCUT2D eigenvalue weighted by Gasteiger charge is 2.29. The molecule has 1 heterocycles. The second kappa shape index (κ2) is 5.08. The number of fused-ring (bicyclic) bond motifs is 1. The summed E-state index contributed by atoms with van der Waals surface area (Å²) in [6.07, 6.45) is -3.81. The normalized spacial score (nSPS) is 15.5. The molecule has 1 aliphatic heterocycles. The lowest BCUT2D eigenvalue weighted by Gasteiger charge is -2.28. The van der Waals surface area contributed by atoms with Crippen molar-refractivity contribution in [3.63, 3.8) is 0 Å². The number of nitrogens with two attached hydrogens (primary N) is 1. The third-order valence-corrected chi connectivity index (χ3v) is 2.82. The Labute approximate surface area is 107 Å². The molecule has 2 rings (SSSR count). The first-order valence-electron chi connectivity index (χ1n) is 5.69. The van der Waals surface area contributed by atoms with Crippen LogP contribution in [0, 0.1) is 0 Å². The number of anilines is 1. The fourth-order valence-electron chi connectivity index (χ4n) is 1.93. The van der Waals surface area contributed by atoms with Crippen molar-refractivity contribution in [1.29, 1.82) is 0 Å². The molecule has 19 heavy (non-hydrogen) atoms. The van der Waals surface area contributed by atoms with Gasteiger partial charge in [0.25, 0.3) is 5.91 Å². The molecular formula is C12H13F3N2O2. The minimum absolute atomic E-state index is 0.341. The summed E-state index contributed by atoms with van der Waals surface area (Å²) in [6, 6.07) is 4.99. The number of carbonyl (C=O) groups is 1. The maximum atomic E-state index is 12.0. The zero-order valence-corrected chi connectivity index (χ0v) is 10.0. The van der Waals surface area contributed by atoms with E-state index < -0.39 is 12.8 Å². The molecule has 0 bridgehead atoms. The van der Waals surface area contributed by atoms with Crippen molar-refractivity contribution >= 4 is 11.6 Å². The third-order valence-electron chi connectivity index (χ3n) is 2.82. The summed E-state index contributed by atoms with van der Waals surface area (Å²) in [5, 5.41) is 0. The van der Waals surface area contributed by atoms with Gasteiger partial charge >= 0.3 is 6.18 Å². The molecule has 0 aliphatic carbocycles. The van der Waals surface area contributed by atoms with E-state index in [0.717, 1.165) is 5.56 Å². The van der Waals surface area contributed by atoms with Crippen LogP contribution in [0.5, 0.6) is 0 Å². The summed E-state index contributed by atoms with van der Waals surface area (Å²) >= 11 is 0. The second-order valence-corrected chi connectivity index (χ2v) is 4.33. The molecule has 0 unspecified atom stereocenters. The number of hydrogen-bond donors (Lipinski definition) is 1. The molecule has 1 aromatic carbocycles. The molecule has 104 valence electrons. The monoisotopic (exact) mass is 274 g/mol. The lowest BCUT2D eigenvalue weighted by atomic mass is 9.99. The van der Waals surface area contributed by atoms with E-state index in [9.17, 15) is 18.0 Å². The van der Waals surface area contributed by atoms with Crippen LogP contribution in [0.1, 0.15) is 15.9 Å². The Bertz CT molecular complexity index is 488. The van der Waals surface area contributed by atoms with Crippen molar-refractivity contribution < 1.29 is 22.7 Å². The van der Waals surface area contributed by atoms with E-state index >= 15 is 0 Å². The second-order valence-electron chi connectivity index (χ2n) is 4.33. The highest BCUT2D eigenvalue weighted by atomic mass is 19.4. The number of benzene rings is 1. The highest BCUT2D eigenvalue weighted by molar-refractivity contribution is 5.97. The summed E-state index contributed by atoms with van der Waals surface area (Å²) in [6.45, 7) is -1.39. The van der Waals surface area contributed by atoms with E-state index in [2.05, 4.69) is 4.74 Å². The van der Waals surface area contributed by atoms with Crippen LogP contribution < -0.4 is 5.73 Å². The molecule has 1 amide bonds. The first kappa shape index (κ1) is 13.7. The molecule has 4 nitrogen and oxygen atoms in total. The largest absolute Gasteiger partial charge is 0.411 e. The standard InChI is InChI=1S/C12H13F3N2O2/c13-12(14,15)6-19-7-17-4-3-8-1-2-9(16)5-10(8)11(17)18/h1-2,5H,3-4,6-7,16H2. The number of rotatable bonds is 3. The average Bonchev–Trinajstić information content (AvgIpc) is 2.31.